The highest BCUT2D eigenvalue weighted by Crippen LogP contribution is 2.46. The summed E-state index contributed by atoms with van der Waals surface area (Å²) in [7, 11) is 7.38. The van der Waals surface area contributed by atoms with Gasteiger partial charge >= 0.3 is 0 Å². The van der Waals surface area contributed by atoms with E-state index in [-0.39, 0.29) is 16.9 Å². The van der Waals surface area contributed by atoms with Crippen LogP contribution in [-0.4, -0.2) is 60.7 Å². The van der Waals surface area contributed by atoms with Crippen molar-refractivity contribution in [2.24, 2.45) is 7.05 Å². The molecule has 2 N–H and O–H groups in total. The van der Waals surface area contributed by atoms with Crippen LogP contribution in [-0.2, 0) is 7.05 Å². The summed E-state index contributed by atoms with van der Waals surface area (Å²) in [5.74, 6) is -0.187. The van der Waals surface area contributed by atoms with Crippen LogP contribution < -0.4 is 14.8 Å². The Morgan fingerprint density at radius 1 is 1.03 bits per heavy atom. The maximum absolute atomic E-state index is 13.1. The molecular formula is C27H26ClN3O5. The molecule has 0 saturated heterocycles. The Bertz CT molecular complexity index is 1560. The number of phenolic OH excluding ortho intramolecular Hbond substituents is 1. The second kappa shape index (κ2) is 9.04. The number of aryl methyl sites for hydroxylation is 1. The summed E-state index contributed by atoms with van der Waals surface area (Å²) in [6, 6.07) is 10.4. The Hall–Kier alpha value is -3.75. The summed E-state index contributed by atoms with van der Waals surface area (Å²) in [5.41, 5.74) is 2.97. The topological polar surface area (TPSA) is 93.0 Å². The average molecular weight is 508 g/mol. The maximum atomic E-state index is 13.1. The zero-order valence-electron chi connectivity index (χ0n) is 20.4. The number of imide groups is 1. The third-order valence-corrected chi connectivity index (χ3v) is 6.84. The first-order valence-electron chi connectivity index (χ1n) is 11.5. The summed E-state index contributed by atoms with van der Waals surface area (Å²) >= 11 is 6.56. The lowest BCUT2D eigenvalue weighted by molar-refractivity contribution is 0.0880. The van der Waals surface area contributed by atoms with Crippen LogP contribution in [0.25, 0.3) is 32.9 Å². The summed E-state index contributed by atoms with van der Waals surface area (Å²) in [6.07, 6.45) is 0.804. The van der Waals surface area contributed by atoms with Crippen molar-refractivity contribution in [1.29, 1.82) is 0 Å². The van der Waals surface area contributed by atoms with E-state index in [4.69, 9.17) is 21.1 Å². The molecule has 1 aromatic heterocycles. The molecule has 0 saturated carbocycles. The van der Waals surface area contributed by atoms with Crippen molar-refractivity contribution < 1.29 is 24.2 Å². The van der Waals surface area contributed by atoms with E-state index in [0.29, 0.717) is 50.5 Å². The van der Waals surface area contributed by atoms with Crippen LogP contribution in [0.1, 0.15) is 27.1 Å². The van der Waals surface area contributed by atoms with E-state index in [2.05, 4.69) is 10.2 Å². The fourth-order valence-electron chi connectivity index (χ4n) is 4.87. The van der Waals surface area contributed by atoms with Gasteiger partial charge in [0.25, 0.3) is 11.8 Å². The molecule has 8 nitrogen and oxygen atoms in total. The Labute approximate surface area is 213 Å². The summed E-state index contributed by atoms with van der Waals surface area (Å²) < 4.78 is 13.3. The number of nitrogens with one attached hydrogen (secondary N) is 1. The number of amides is 2. The van der Waals surface area contributed by atoms with Gasteiger partial charge in [-0.05, 0) is 44.8 Å². The molecule has 3 aromatic carbocycles. The van der Waals surface area contributed by atoms with Gasteiger partial charge in [0, 0.05) is 41.6 Å². The van der Waals surface area contributed by atoms with Crippen molar-refractivity contribution >= 4 is 45.2 Å². The molecular weight excluding hydrogens is 482 g/mol. The van der Waals surface area contributed by atoms with Crippen LogP contribution in [0.4, 0.5) is 0 Å². The Kier molecular flexibility index (Phi) is 6.02. The molecule has 1 aliphatic heterocycles. The lowest BCUT2D eigenvalue weighted by Crippen LogP contribution is -2.20. The standard InChI is InChI=1S/C27H26ClN3O5/c1-30(2)9-6-10-36-21-13-17-14(12-19(21)32)23-18(31(17)3)11-15(24-25(23)27(34)29-26(24)33)22-16(28)7-5-8-20(22)35-4/h5,7-8,11-13,32H,6,9-10H2,1-4H3,(H,29,33,34). The molecule has 0 aliphatic carbocycles. The van der Waals surface area contributed by atoms with E-state index < -0.39 is 11.8 Å². The van der Waals surface area contributed by atoms with Gasteiger partial charge in [0.05, 0.1) is 40.9 Å². The molecule has 2 amide bonds. The van der Waals surface area contributed by atoms with Crippen molar-refractivity contribution in [2.75, 3.05) is 34.4 Å². The number of ether oxygens (including phenoxy) is 2. The van der Waals surface area contributed by atoms with E-state index in [0.717, 1.165) is 18.5 Å². The summed E-state index contributed by atoms with van der Waals surface area (Å²) in [4.78, 5) is 28.1. The smallest absolute Gasteiger partial charge is 0.259 e. The first-order chi connectivity index (χ1) is 17.2. The fourth-order valence-corrected chi connectivity index (χ4v) is 5.14. The number of phenols is 1. The van der Waals surface area contributed by atoms with Gasteiger partial charge < -0.3 is 24.0 Å². The van der Waals surface area contributed by atoms with Crippen LogP contribution in [0.2, 0.25) is 5.02 Å². The minimum absolute atomic E-state index is 0.0322. The zero-order valence-corrected chi connectivity index (χ0v) is 21.2. The summed E-state index contributed by atoms with van der Waals surface area (Å²) in [5, 5.41) is 14.8. The number of aromatic hydroxyl groups is 1. The second-order valence-corrected chi connectivity index (χ2v) is 9.48. The van der Waals surface area contributed by atoms with Gasteiger partial charge in [0.2, 0.25) is 0 Å². The number of fused-ring (bicyclic) bond motifs is 5. The number of carbonyl (C=O) groups is 2. The minimum atomic E-state index is -0.504. The first kappa shape index (κ1) is 24.0. The molecule has 0 fully saturated rings. The van der Waals surface area contributed by atoms with Crippen LogP contribution in [0, 0.1) is 0 Å². The molecule has 0 spiro atoms. The number of hydrogen-bond acceptors (Lipinski definition) is 6. The van der Waals surface area contributed by atoms with E-state index in [1.807, 2.05) is 31.8 Å². The average Bonchev–Trinajstić information content (AvgIpc) is 3.28. The Balaban J connectivity index is 1.77. The van der Waals surface area contributed by atoms with Gasteiger partial charge in [-0.15, -0.1) is 0 Å². The number of carbonyl (C=O) groups excluding carboxylic acids is 2. The number of rotatable bonds is 7. The molecule has 36 heavy (non-hydrogen) atoms. The predicted molar refractivity (Wildman–Crippen MR) is 140 cm³/mol. The van der Waals surface area contributed by atoms with Gasteiger partial charge in [-0.3, -0.25) is 14.9 Å². The molecule has 1 aliphatic rings. The lowest BCUT2D eigenvalue weighted by Gasteiger charge is -2.14. The first-order valence-corrected chi connectivity index (χ1v) is 11.9. The minimum Gasteiger partial charge on any atom is -0.504 e. The molecule has 0 bridgehead atoms. The van der Waals surface area contributed by atoms with Crippen LogP contribution in [0.5, 0.6) is 17.2 Å². The SMILES string of the molecule is COc1cccc(Cl)c1-c1cc2c(c3c1C(=O)NC3=O)c1cc(O)c(OCCCN(C)C)cc1n2C. The lowest BCUT2D eigenvalue weighted by atomic mass is 9.92. The highest BCUT2D eigenvalue weighted by Gasteiger charge is 2.35. The number of methoxy groups -OCH3 is 1. The summed E-state index contributed by atoms with van der Waals surface area (Å²) in [6.45, 7) is 1.31. The number of halogens is 1. The van der Waals surface area contributed by atoms with Gasteiger partial charge in [-0.1, -0.05) is 17.7 Å². The molecule has 0 radical (unpaired) electrons. The van der Waals surface area contributed by atoms with Crippen LogP contribution in [0.3, 0.4) is 0 Å². The Morgan fingerprint density at radius 2 is 1.78 bits per heavy atom. The van der Waals surface area contributed by atoms with Crippen LogP contribution >= 0.6 is 11.6 Å². The van der Waals surface area contributed by atoms with E-state index in [1.54, 1.807) is 30.3 Å². The number of hydrogen-bond donors (Lipinski definition) is 2. The molecule has 2 heterocycles. The molecule has 4 aromatic rings. The quantitative estimate of drug-likeness (QED) is 0.281. The molecule has 5 rings (SSSR count). The van der Waals surface area contributed by atoms with Crippen molar-refractivity contribution in [3.8, 4) is 28.4 Å². The monoisotopic (exact) mass is 507 g/mol. The molecule has 0 atom stereocenters. The van der Waals surface area contributed by atoms with Gasteiger partial charge in [0.1, 0.15) is 5.75 Å². The number of nitrogens with zero attached hydrogens (tertiary/aromatic N) is 2. The molecule has 0 unspecified atom stereocenters. The highest BCUT2D eigenvalue weighted by molar-refractivity contribution is 6.36. The van der Waals surface area contributed by atoms with Gasteiger partial charge in [-0.25, -0.2) is 0 Å². The fraction of sp³-hybridized carbons (Fsp3) is 0.259. The largest absolute Gasteiger partial charge is 0.504 e. The van der Waals surface area contributed by atoms with E-state index in [1.165, 1.54) is 7.11 Å². The number of aromatic nitrogens is 1. The number of benzene rings is 3. The van der Waals surface area contributed by atoms with Gasteiger partial charge in [-0.2, -0.15) is 0 Å². The van der Waals surface area contributed by atoms with Crippen LogP contribution in [0.15, 0.2) is 36.4 Å². The highest BCUT2D eigenvalue weighted by atomic mass is 35.5. The third kappa shape index (κ3) is 3.73. The molecule has 186 valence electrons. The predicted octanol–water partition coefficient (Wildman–Crippen LogP) is 4.58. The van der Waals surface area contributed by atoms with Crippen molar-refractivity contribution in [3.63, 3.8) is 0 Å². The van der Waals surface area contributed by atoms with Crippen molar-refractivity contribution in [2.45, 2.75) is 6.42 Å². The zero-order chi connectivity index (χ0) is 25.7. The normalized spacial score (nSPS) is 13.1. The molecule has 9 heteroatoms. The second-order valence-electron chi connectivity index (χ2n) is 9.07. The maximum Gasteiger partial charge on any atom is 0.259 e. The van der Waals surface area contributed by atoms with Crippen molar-refractivity contribution in [1.82, 2.24) is 14.8 Å². The third-order valence-electron chi connectivity index (χ3n) is 6.53. The van der Waals surface area contributed by atoms with E-state index in [9.17, 15) is 14.7 Å². The van der Waals surface area contributed by atoms with Crippen molar-refractivity contribution in [3.05, 3.63) is 52.5 Å². The van der Waals surface area contributed by atoms with E-state index >= 15 is 0 Å². The Morgan fingerprint density at radius 3 is 2.50 bits per heavy atom. The van der Waals surface area contributed by atoms with Gasteiger partial charge in [0.15, 0.2) is 11.5 Å².